The first-order chi connectivity index (χ1) is 6.99. The molecule has 0 aliphatic heterocycles. The minimum Gasteiger partial charge on any atom is -0.467 e. The molecule has 0 bridgehead atoms. The lowest BCUT2D eigenvalue weighted by Crippen LogP contribution is -2.29. The molecule has 0 saturated carbocycles. The zero-order chi connectivity index (χ0) is 11.6. The van der Waals surface area contributed by atoms with Gasteiger partial charge in [0.05, 0.1) is 12.8 Å². The second-order valence-corrected chi connectivity index (χ2v) is 3.15. The Hall–Kier alpha value is -1.40. The van der Waals surface area contributed by atoms with Crippen LogP contribution in [0, 0.1) is 13.8 Å². The van der Waals surface area contributed by atoms with Crippen molar-refractivity contribution in [1.82, 2.24) is 5.16 Å². The lowest BCUT2D eigenvalue weighted by Gasteiger charge is -2.15. The molecule has 6 nitrogen and oxygen atoms in total. The van der Waals surface area contributed by atoms with Crippen LogP contribution in [0.4, 0.5) is 0 Å². The predicted octanol–water partition coefficient (Wildman–Crippen LogP) is -0.141. The molecular weight excluding hydrogens is 202 g/mol. The first-order valence-corrected chi connectivity index (χ1v) is 4.35. The van der Waals surface area contributed by atoms with Gasteiger partial charge in [0.25, 0.3) is 0 Å². The molecule has 2 unspecified atom stereocenters. The number of carbonyl (C=O) groups is 1. The largest absolute Gasteiger partial charge is 0.467 e. The van der Waals surface area contributed by atoms with Gasteiger partial charge < -0.3 is 19.5 Å². The van der Waals surface area contributed by atoms with E-state index >= 15 is 0 Å². The second kappa shape index (κ2) is 4.41. The van der Waals surface area contributed by atoms with Gasteiger partial charge >= 0.3 is 5.97 Å². The summed E-state index contributed by atoms with van der Waals surface area (Å²) in [5.41, 5.74) is 0.746. The van der Waals surface area contributed by atoms with Crippen LogP contribution in [-0.2, 0) is 9.53 Å². The Morgan fingerprint density at radius 1 is 1.47 bits per heavy atom. The number of aromatic nitrogens is 1. The zero-order valence-electron chi connectivity index (χ0n) is 8.72. The van der Waals surface area contributed by atoms with E-state index in [1.165, 1.54) is 0 Å². The summed E-state index contributed by atoms with van der Waals surface area (Å²) in [5.74, 6) is -0.537. The normalized spacial score (nSPS) is 14.7. The third-order valence-corrected chi connectivity index (χ3v) is 2.13. The molecule has 0 amide bonds. The highest BCUT2D eigenvalue weighted by molar-refractivity contribution is 5.75. The Morgan fingerprint density at radius 3 is 2.47 bits per heavy atom. The number of hydrogen-bond donors (Lipinski definition) is 2. The summed E-state index contributed by atoms with van der Waals surface area (Å²) in [4.78, 5) is 11.0. The van der Waals surface area contributed by atoms with Crippen molar-refractivity contribution in [1.29, 1.82) is 0 Å². The Kier molecular flexibility index (Phi) is 3.43. The number of methoxy groups -OCH3 is 1. The molecule has 0 aliphatic carbocycles. The van der Waals surface area contributed by atoms with Crippen molar-refractivity contribution < 1.29 is 24.3 Å². The van der Waals surface area contributed by atoms with Crippen molar-refractivity contribution >= 4 is 5.97 Å². The van der Waals surface area contributed by atoms with Crippen molar-refractivity contribution in [3.8, 4) is 0 Å². The quantitative estimate of drug-likeness (QED) is 0.681. The van der Waals surface area contributed by atoms with Gasteiger partial charge in [0.2, 0.25) is 0 Å². The Labute approximate surface area is 86.4 Å². The Bertz CT molecular complexity index is 340. The summed E-state index contributed by atoms with van der Waals surface area (Å²) in [5, 5.41) is 22.7. The van der Waals surface area contributed by atoms with Gasteiger partial charge in [-0.25, -0.2) is 4.79 Å². The van der Waals surface area contributed by atoms with Gasteiger partial charge in [-0.3, -0.25) is 0 Å². The molecule has 0 aliphatic rings. The van der Waals surface area contributed by atoms with Crippen LogP contribution >= 0.6 is 0 Å². The molecule has 1 aromatic heterocycles. The first-order valence-electron chi connectivity index (χ1n) is 4.35. The number of hydrogen-bond acceptors (Lipinski definition) is 6. The van der Waals surface area contributed by atoms with Crippen LogP contribution in [-0.4, -0.2) is 34.6 Å². The first kappa shape index (κ1) is 11.7. The highest BCUT2D eigenvalue weighted by Crippen LogP contribution is 2.24. The van der Waals surface area contributed by atoms with Crippen LogP contribution in [0.3, 0.4) is 0 Å². The summed E-state index contributed by atoms with van der Waals surface area (Å²) in [7, 11) is 1.13. The molecule has 2 N–H and O–H groups in total. The predicted molar refractivity (Wildman–Crippen MR) is 49.0 cm³/mol. The smallest absolute Gasteiger partial charge is 0.337 e. The average Bonchev–Trinajstić information content (AvgIpc) is 2.55. The van der Waals surface area contributed by atoms with Crippen LogP contribution in [0.2, 0.25) is 0 Å². The van der Waals surface area contributed by atoms with Gasteiger partial charge in [0, 0.05) is 5.56 Å². The van der Waals surface area contributed by atoms with E-state index in [0.717, 1.165) is 7.11 Å². The zero-order valence-corrected chi connectivity index (χ0v) is 8.72. The lowest BCUT2D eigenvalue weighted by molar-refractivity contribution is -0.156. The average molecular weight is 215 g/mol. The van der Waals surface area contributed by atoms with Crippen molar-refractivity contribution in [3.63, 3.8) is 0 Å². The summed E-state index contributed by atoms with van der Waals surface area (Å²) in [6, 6.07) is 0. The van der Waals surface area contributed by atoms with Crippen molar-refractivity contribution in [2.75, 3.05) is 7.11 Å². The molecule has 0 fully saturated rings. The van der Waals surface area contributed by atoms with E-state index in [0.29, 0.717) is 17.0 Å². The highest BCUT2D eigenvalue weighted by atomic mass is 16.5. The van der Waals surface area contributed by atoms with Crippen LogP contribution in [0.5, 0.6) is 0 Å². The van der Waals surface area contributed by atoms with Gasteiger partial charge in [-0.05, 0) is 13.8 Å². The van der Waals surface area contributed by atoms with E-state index in [4.69, 9.17) is 4.52 Å². The third kappa shape index (κ3) is 2.16. The summed E-state index contributed by atoms with van der Waals surface area (Å²) < 4.78 is 9.12. The van der Waals surface area contributed by atoms with Crippen molar-refractivity contribution in [2.24, 2.45) is 0 Å². The number of aliphatic hydroxyl groups is 2. The summed E-state index contributed by atoms with van der Waals surface area (Å²) in [6.07, 6.45) is -3.02. The van der Waals surface area contributed by atoms with Gasteiger partial charge in [0.15, 0.2) is 6.10 Å². The van der Waals surface area contributed by atoms with E-state index in [1.807, 2.05) is 0 Å². The van der Waals surface area contributed by atoms with Crippen molar-refractivity contribution in [2.45, 2.75) is 26.1 Å². The molecule has 6 heteroatoms. The van der Waals surface area contributed by atoms with Gasteiger partial charge in [-0.1, -0.05) is 5.16 Å². The molecule has 0 saturated heterocycles. The number of ether oxygens (including phenoxy) is 1. The summed E-state index contributed by atoms with van der Waals surface area (Å²) >= 11 is 0. The maximum Gasteiger partial charge on any atom is 0.337 e. The fourth-order valence-electron chi connectivity index (χ4n) is 1.32. The van der Waals surface area contributed by atoms with E-state index < -0.39 is 18.2 Å². The Balaban J connectivity index is 2.94. The topological polar surface area (TPSA) is 92.8 Å². The second-order valence-electron chi connectivity index (χ2n) is 3.15. The minimum atomic E-state index is -1.63. The molecule has 1 aromatic rings. The molecule has 84 valence electrons. The summed E-state index contributed by atoms with van der Waals surface area (Å²) in [6.45, 7) is 3.20. The molecule has 0 aromatic carbocycles. The minimum absolute atomic E-state index is 0.313. The molecule has 1 rings (SSSR count). The van der Waals surface area contributed by atoms with Crippen LogP contribution < -0.4 is 0 Å². The van der Waals surface area contributed by atoms with Crippen molar-refractivity contribution in [3.05, 3.63) is 17.0 Å². The molecule has 0 radical (unpaired) electrons. The molecule has 15 heavy (non-hydrogen) atoms. The van der Waals surface area contributed by atoms with E-state index in [1.54, 1.807) is 13.8 Å². The number of nitrogens with zero attached hydrogens (tertiary/aromatic N) is 1. The number of aryl methyl sites for hydroxylation is 2. The van der Waals surface area contributed by atoms with Gasteiger partial charge in [-0.15, -0.1) is 0 Å². The number of carbonyl (C=O) groups excluding carboxylic acids is 1. The fraction of sp³-hybridized carbons (Fsp3) is 0.556. The van der Waals surface area contributed by atoms with Gasteiger partial charge in [0.1, 0.15) is 11.9 Å². The molecule has 1 heterocycles. The number of rotatable bonds is 3. The lowest BCUT2D eigenvalue weighted by atomic mass is 10.0. The molecular formula is C9H13NO5. The van der Waals surface area contributed by atoms with Crippen LogP contribution in [0.1, 0.15) is 23.1 Å². The number of aliphatic hydroxyl groups excluding tert-OH is 2. The maximum absolute atomic E-state index is 11.0. The third-order valence-electron chi connectivity index (χ3n) is 2.13. The maximum atomic E-state index is 11.0. The fourth-order valence-corrected chi connectivity index (χ4v) is 1.32. The highest BCUT2D eigenvalue weighted by Gasteiger charge is 2.30. The SMILES string of the molecule is COC(=O)C(O)C(O)c1c(C)noc1C. The van der Waals surface area contributed by atoms with E-state index in [-0.39, 0.29) is 0 Å². The standard InChI is InChI=1S/C9H13NO5/c1-4-6(5(2)15-10-4)7(11)8(12)9(13)14-3/h7-8,11-12H,1-3H3. The molecule has 2 atom stereocenters. The van der Waals surface area contributed by atoms with Gasteiger partial charge in [-0.2, -0.15) is 0 Å². The van der Waals surface area contributed by atoms with Crippen LogP contribution in [0.25, 0.3) is 0 Å². The Morgan fingerprint density at radius 2 is 2.07 bits per heavy atom. The van der Waals surface area contributed by atoms with E-state index in [2.05, 4.69) is 9.89 Å². The van der Waals surface area contributed by atoms with Crippen LogP contribution in [0.15, 0.2) is 4.52 Å². The molecule has 0 spiro atoms. The monoisotopic (exact) mass is 215 g/mol. The van der Waals surface area contributed by atoms with E-state index in [9.17, 15) is 15.0 Å². The number of esters is 1.